The molecule has 0 amide bonds. The Labute approximate surface area is 96.2 Å². The fraction of sp³-hybridized carbons (Fsp3) is 0.0909. The van der Waals surface area contributed by atoms with Crippen LogP contribution in [0.2, 0.25) is 0 Å². The molecule has 2 aromatic rings. The maximum absolute atomic E-state index is 12.9. The van der Waals surface area contributed by atoms with Gasteiger partial charge in [-0.05, 0) is 17.7 Å². The van der Waals surface area contributed by atoms with Crippen LogP contribution in [0.3, 0.4) is 0 Å². The maximum Gasteiger partial charge on any atom is 0.184 e. The predicted octanol–water partition coefficient (Wildman–Crippen LogP) is 2.77. The average Bonchev–Trinajstić information content (AvgIpc) is 2.74. The lowest BCUT2D eigenvalue weighted by Gasteiger charge is -2.02. The van der Waals surface area contributed by atoms with Gasteiger partial charge in [-0.1, -0.05) is 23.5 Å². The summed E-state index contributed by atoms with van der Waals surface area (Å²) in [5.41, 5.74) is 0.841. The molecule has 0 radical (unpaired) electrons. The largest absolute Gasteiger partial charge is 0.357 e. The first kappa shape index (κ1) is 10.6. The van der Waals surface area contributed by atoms with Crippen molar-refractivity contribution in [1.82, 2.24) is 4.98 Å². The highest BCUT2D eigenvalue weighted by Crippen LogP contribution is 2.17. The Bertz CT molecular complexity index is 530. The zero-order chi connectivity index (χ0) is 11.4. The Hall–Kier alpha value is -1.93. The smallest absolute Gasteiger partial charge is 0.184 e. The summed E-state index contributed by atoms with van der Waals surface area (Å²) >= 11 is 1.28. The van der Waals surface area contributed by atoms with Gasteiger partial charge in [-0.2, -0.15) is 5.26 Å². The van der Waals surface area contributed by atoms with Gasteiger partial charge in [0.25, 0.3) is 0 Å². The number of aromatic nitrogens is 1. The van der Waals surface area contributed by atoms with Crippen molar-refractivity contribution in [1.29, 1.82) is 5.26 Å². The number of anilines is 1. The van der Waals surface area contributed by atoms with Gasteiger partial charge in [0.1, 0.15) is 16.8 Å². The molecule has 0 aliphatic carbocycles. The van der Waals surface area contributed by atoms with Crippen molar-refractivity contribution in [2.24, 2.45) is 0 Å². The van der Waals surface area contributed by atoms with Crippen LogP contribution in [0, 0.1) is 17.1 Å². The summed E-state index contributed by atoms with van der Waals surface area (Å²) in [5.74, 6) is -0.254. The number of nitrogens with one attached hydrogen (secondary N) is 1. The van der Waals surface area contributed by atoms with Crippen LogP contribution in [0.5, 0.6) is 0 Å². The zero-order valence-electron chi connectivity index (χ0n) is 8.27. The van der Waals surface area contributed by atoms with Crippen LogP contribution in [-0.4, -0.2) is 4.98 Å². The summed E-state index contributed by atoms with van der Waals surface area (Å²) in [7, 11) is 0. The van der Waals surface area contributed by atoms with Gasteiger partial charge < -0.3 is 5.32 Å². The van der Waals surface area contributed by atoms with E-state index in [1.165, 1.54) is 29.7 Å². The Morgan fingerprint density at radius 1 is 1.50 bits per heavy atom. The molecule has 1 heterocycles. The molecule has 0 aliphatic heterocycles. The normalized spacial score (nSPS) is 9.75. The van der Waals surface area contributed by atoms with Crippen molar-refractivity contribution >= 4 is 16.5 Å². The fourth-order valence-corrected chi connectivity index (χ4v) is 1.84. The first-order chi connectivity index (χ1) is 7.78. The van der Waals surface area contributed by atoms with E-state index >= 15 is 0 Å². The quantitative estimate of drug-likeness (QED) is 0.886. The van der Waals surface area contributed by atoms with Gasteiger partial charge in [-0.3, -0.25) is 0 Å². The van der Waals surface area contributed by atoms with Crippen molar-refractivity contribution in [3.63, 3.8) is 0 Å². The Morgan fingerprint density at radius 3 is 3.06 bits per heavy atom. The molecule has 3 nitrogen and oxygen atoms in total. The molecule has 1 aromatic heterocycles. The van der Waals surface area contributed by atoms with E-state index in [1.54, 1.807) is 6.07 Å². The molecule has 5 heteroatoms. The maximum atomic E-state index is 12.9. The van der Waals surface area contributed by atoms with Gasteiger partial charge in [0.05, 0.1) is 6.20 Å². The monoisotopic (exact) mass is 233 g/mol. The molecule has 0 fully saturated rings. The molecule has 80 valence electrons. The third kappa shape index (κ3) is 2.55. The lowest BCUT2D eigenvalue weighted by atomic mass is 10.2. The molecule has 1 aromatic carbocycles. The standard InChI is InChI=1S/C11H8FN3S/c12-9-3-1-2-8(4-9)6-14-11-15-7-10(5-13)16-11/h1-4,7H,6H2,(H,14,15). The second-order valence-corrected chi connectivity index (χ2v) is 4.16. The minimum atomic E-state index is -0.254. The van der Waals surface area contributed by atoms with E-state index in [4.69, 9.17) is 5.26 Å². The molecule has 0 saturated heterocycles. The number of rotatable bonds is 3. The number of hydrogen-bond donors (Lipinski definition) is 1. The number of nitriles is 1. The van der Waals surface area contributed by atoms with Gasteiger partial charge in [-0.15, -0.1) is 0 Å². The predicted molar refractivity (Wildman–Crippen MR) is 60.6 cm³/mol. The fourth-order valence-electron chi connectivity index (χ4n) is 1.23. The van der Waals surface area contributed by atoms with Crippen LogP contribution >= 0.6 is 11.3 Å². The van der Waals surface area contributed by atoms with Gasteiger partial charge >= 0.3 is 0 Å². The van der Waals surface area contributed by atoms with Crippen LogP contribution < -0.4 is 5.32 Å². The Balaban J connectivity index is 2.00. The lowest BCUT2D eigenvalue weighted by Crippen LogP contribution is -1.98. The first-order valence-electron chi connectivity index (χ1n) is 4.62. The van der Waals surface area contributed by atoms with Crippen LogP contribution in [0.1, 0.15) is 10.4 Å². The molecule has 2 rings (SSSR count). The van der Waals surface area contributed by atoms with Crippen molar-refractivity contribution in [3.8, 4) is 6.07 Å². The van der Waals surface area contributed by atoms with Crippen LogP contribution in [0.25, 0.3) is 0 Å². The SMILES string of the molecule is N#Cc1cnc(NCc2cccc(F)c2)s1. The number of hydrogen-bond acceptors (Lipinski definition) is 4. The Morgan fingerprint density at radius 2 is 2.38 bits per heavy atom. The highest BCUT2D eigenvalue weighted by Gasteiger charge is 2.00. The third-order valence-electron chi connectivity index (χ3n) is 1.95. The summed E-state index contributed by atoms with van der Waals surface area (Å²) in [5, 5.41) is 12.3. The molecule has 0 atom stereocenters. The molecule has 0 unspecified atom stereocenters. The van der Waals surface area contributed by atoms with Crippen molar-refractivity contribution < 1.29 is 4.39 Å². The van der Waals surface area contributed by atoms with Gasteiger partial charge in [-0.25, -0.2) is 9.37 Å². The van der Waals surface area contributed by atoms with E-state index in [2.05, 4.69) is 10.3 Å². The zero-order valence-corrected chi connectivity index (χ0v) is 9.09. The molecule has 0 bridgehead atoms. The van der Waals surface area contributed by atoms with Crippen molar-refractivity contribution in [2.45, 2.75) is 6.54 Å². The van der Waals surface area contributed by atoms with Gasteiger partial charge in [0, 0.05) is 6.54 Å². The molecule has 0 saturated carbocycles. The van der Waals surface area contributed by atoms with E-state index < -0.39 is 0 Å². The summed E-state index contributed by atoms with van der Waals surface area (Å²) in [6.45, 7) is 0.496. The van der Waals surface area contributed by atoms with Crippen LogP contribution in [-0.2, 0) is 6.54 Å². The first-order valence-corrected chi connectivity index (χ1v) is 5.44. The number of halogens is 1. The van der Waals surface area contributed by atoms with E-state index in [-0.39, 0.29) is 5.82 Å². The number of nitrogens with zero attached hydrogens (tertiary/aromatic N) is 2. The number of thiazole rings is 1. The number of benzene rings is 1. The summed E-state index contributed by atoms with van der Waals surface area (Å²) in [6.07, 6.45) is 1.51. The molecular weight excluding hydrogens is 225 g/mol. The minimum Gasteiger partial charge on any atom is -0.357 e. The lowest BCUT2D eigenvalue weighted by molar-refractivity contribution is 0.626. The summed E-state index contributed by atoms with van der Waals surface area (Å²) in [4.78, 5) is 4.57. The Kier molecular flexibility index (Phi) is 3.13. The highest BCUT2D eigenvalue weighted by atomic mass is 32.1. The van der Waals surface area contributed by atoms with Crippen LogP contribution in [0.15, 0.2) is 30.5 Å². The topological polar surface area (TPSA) is 48.7 Å². The van der Waals surface area contributed by atoms with Crippen molar-refractivity contribution in [3.05, 3.63) is 46.7 Å². The van der Waals surface area contributed by atoms with E-state index in [1.807, 2.05) is 12.1 Å². The minimum absolute atomic E-state index is 0.254. The molecule has 1 N–H and O–H groups in total. The van der Waals surface area contributed by atoms with Gasteiger partial charge in [0.2, 0.25) is 0 Å². The molecule has 0 spiro atoms. The average molecular weight is 233 g/mol. The third-order valence-corrected chi connectivity index (χ3v) is 2.81. The van der Waals surface area contributed by atoms with E-state index in [9.17, 15) is 4.39 Å². The highest BCUT2D eigenvalue weighted by molar-refractivity contribution is 7.16. The second kappa shape index (κ2) is 4.73. The molecular formula is C11H8FN3S. The molecule has 16 heavy (non-hydrogen) atoms. The summed E-state index contributed by atoms with van der Waals surface area (Å²) < 4.78 is 12.9. The van der Waals surface area contributed by atoms with E-state index in [0.29, 0.717) is 16.6 Å². The molecule has 0 aliphatic rings. The summed E-state index contributed by atoms with van der Waals surface area (Å²) in [6, 6.07) is 8.37. The van der Waals surface area contributed by atoms with Crippen molar-refractivity contribution in [2.75, 3.05) is 5.32 Å². The van der Waals surface area contributed by atoms with Crippen LogP contribution in [0.4, 0.5) is 9.52 Å². The second-order valence-electron chi connectivity index (χ2n) is 3.12. The van der Waals surface area contributed by atoms with Gasteiger partial charge in [0.15, 0.2) is 5.13 Å². The van der Waals surface area contributed by atoms with E-state index in [0.717, 1.165) is 5.56 Å².